The fourth-order valence-corrected chi connectivity index (χ4v) is 2.62. The molecule has 0 aromatic rings. The summed E-state index contributed by atoms with van der Waals surface area (Å²) < 4.78 is 17.7. The highest BCUT2D eigenvalue weighted by atomic mass is 16.5. The van der Waals surface area contributed by atoms with E-state index in [0.717, 1.165) is 45.1 Å². The van der Waals surface area contributed by atoms with Crippen molar-refractivity contribution in [1.29, 1.82) is 0 Å². The first-order chi connectivity index (χ1) is 11.2. The van der Waals surface area contributed by atoms with Crippen LogP contribution >= 0.6 is 0 Å². The maximum atomic E-state index is 12.0. The summed E-state index contributed by atoms with van der Waals surface area (Å²) in [5.41, 5.74) is 0. The molecule has 1 rings (SSSR count). The summed E-state index contributed by atoms with van der Waals surface area (Å²) in [5, 5.41) is 3.02. The minimum Gasteiger partial charge on any atom is -0.379 e. The fraction of sp³-hybridized carbons (Fsp3) is 0.944. The van der Waals surface area contributed by atoms with Gasteiger partial charge in [-0.05, 0) is 19.3 Å². The first kappa shape index (κ1) is 20.4. The Morgan fingerprint density at radius 1 is 0.957 bits per heavy atom. The standard InChI is InChI=1S/C18H35NO4/c1-4-7-10-21-14-15-18(23-12-9-6-3)16(13-17(20)19-15)22-11-8-5-2/h15-16,18H,4-14H2,1-3H3,(H,19,20)/t15?,16-,18-/m1/s1. The van der Waals surface area contributed by atoms with Crippen LogP contribution in [-0.4, -0.2) is 50.6 Å². The van der Waals surface area contributed by atoms with Crippen LogP contribution in [0.2, 0.25) is 0 Å². The first-order valence-electron chi connectivity index (χ1n) is 9.33. The van der Waals surface area contributed by atoms with E-state index in [1.165, 1.54) is 0 Å². The molecule has 5 nitrogen and oxygen atoms in total. The highest BCUT2D eigenvalue weighted by molar-refractivity contribution is 5.78. The van der Waals surface area contributed by atoms with Crippen molar-refractivity contribution in [3.63, 3.8) is 0 Å². The molecular weight excluding hydrogens is 294 g/mol. The Balaban J connectivity index is 2.58. The van der Waals surface area contributed by atoms with Gasteiger partial charge in [-0.25, -0.2) is 0 Å². The number of piperidine rings is 1. The number of amides is 1. The van der Waals surface area contributed by atoms with Crippen LogP contribution in [0.3, 0.4) is 0 Å². The summed E-state index contributed by atoms with van der Waals surface area (Å²) in [7, 11) is 0. The van der Waals surface area contributed by atoms with Crippen molar-refractivity contribution in [2.24, 2.45) is 0 Å². The molecule has 1 fully saturated rings. The Labute approximate surface area is 141 Å². The molecule has 23 heavy (non-hydrogen) atoms. The van der Waals surface area contributed by atoms with Crippen LogP contribution in [0.25, 0.3) is 0 Å². The number of carbonyl (C=O) groups excluding carboxylic acids is 1. The number of carbonyl (C=O) groups is 1. The van der Waals surface area contributed by atoms with Gasteiger partial charge in [0.2, 0.25) is 5.91 Å². The van der Waals surface area contributed by atoms with Gasteiger partial charge in [0.05, 0.1) is 25.2 Å². The van der Waals surface area contributed by atoms with Crippen LogP contribution in [0, 0.1) is 0 Å². The molecule has 1 unspecified atom stereocenters. The summed E-state index contributed by atoms with van der Waals surface area (Å²) in [6.45, 7) is 9.03. The molecule has 0 radical (unpaired) electrons. The van der Waals surface area contributed by atoms with Crippen molar-refractivity contribution < 1.29 is 19.0 Å². The van der Waals surface area contributed by atoms with Crippen molar-refractivity contribution >= 4 is 5.91 Å². The zero-order valence-corrected chi connectivity index (χ0v) is 15.1. The minimum absolute atomic E-state index is 0.0333. The molecule has 1 heterocycles. The van der Waals surface area contributed by atoms with E-state index in [-0.39, 0.29) is 24.2 Å². The lowest BCUT2D eigenvalue weighted by molar-refractivity contribution is -0.148. The lowest BCUT2D eigenvalue weighted by Crippen LogP contribution is -2.58. The fourth-order valence-electron chi connectivity index (χ4n) is 2.62. The smallest absolute Gasteiger partial charge is 0.223 e. The average molecular weight is 329 g/mol. The number of hydrogen-bond donors (Lipinski definition) is 1. The summed E-state index contributed by atoms with van der Waals surface area (Å²) >= 11 is 0. The molecule has 136 valence electrons. The highest BCUT2D eigenvalue weighted by Gasteiger charge is 2.38. The predicted molar refractivity (Wildman–Crippen MR) is 91.6 cm³/mol. The van der Waals surface area contributed by atoms with E-state index in [1.54, 1.807) is 0 Å². The van der Waals surface area contributed by atoms with Crippen molar-refractivity contribution in [3.05, 3.63) is 0 Å². The van der Waals surface area contributed by atoms with E-state index in [4.69, 9.17) is 14.2 Å². The third-order valence-corrected chi connectivity index (χ3v) is 4.07. The average Bonchev–Trinajstić information content (AvgIpc) is 2.54. The summed E-state index contributed by atoms with van der Waals surface area (Å²) in [6.07, 6.45) is 6.47. The molecule has 1 amide bonds. The van der Waals surface area contributed by atoms with Crippen LogP contribution in [0.15, 0.2) is 0 Å². The number of ether oxygens (including phenoxy) is 3. The summed E-state index contributed by atoms with van der Waals surface area (Å²) in [4.78, 5) is 12.0. The van der Waals surface area contributed by atoms with Gasteiger partial charge in [0.15, 0.2) is 0 Å². The molecule has 0 saturated carbocycles. The summed E-state index contributed by atoms with van der Waals surface area (Å²) in [5.74, 6) is 0.0333. The summed E-state index contributed by atoms with van der Waals surface area (Å²) in [6, 6.07) is -0.114. The highest BCUT2D eigenvalue weighted by Crippen LogP contribution is 2.19. The van der Waals surface area contributed by atoms with E-state index >= 15 is 0 Å². The molecule has 0 aromatic carbocycles. The normalized spacial score (nSPS) is 24.7. The topological polar surface area (TPSA) is 56.8 Å². The van der Waals surface area contributed by atoms with Gasteiger partial charge in [0.1, 0.15) is 6.10 Å². The molecule has 0 bridgehead atoms. The van der Waals surface area contributed by atoms with E-state index in [1.807, 2.05) is 0 Å². The quantitative estimate of drug-likeness (QED) is 0.528. The van der Waals surface area contributed by atoms with Crippen LogP contribution in [0.1, 0.15) is 65.7 Å². The van der Waals surface area contributed by atoms with Gasteiger partial charge in [-0.3, -0.25) is 4.79 Å². The Morgan fingerprint density at radius 2 is 1.57 bits per heavy atom. The zero-order chi connectivity index (χ0) is 16.9. The zero-order valence-electron chi connectivity index (χ0n) is 15.1. The van der Waals surface area contributed by atoms with Gasteiger partial charge in [0, 0.05) is 19.8 Å². The maximum absolute atomic E-state index is 12.0. The molecule has 1 N–H and O–H groups in total. The molecule has 3 atom stereocenters. The van der Waals surface area contributed by atoms with Crippen molar-refractivity contribution in [2.75, 3.05) is 26.4 Å². The number of hydrogen-bond acceptors (Lipinski definition) is 4. The van der Waals surface area contributed by atoms with Crippen LogP contribution in [0.4, 0.5) is 0 Å². The van der Waals surface area contributed by atoms with E-state index in [0.29, 0.717) is 26.2 Å². The van der Waals surface area contributed by atoms with E-state index < -0.39 is 0 Å². The van der Waals surface area contributed by atoms with E-state index in [9.17, 15) is 4.79 Å². The minimum atomic E-state index is -0.160. The molecule has 5 heteroatoms. The van der Waals surface area contributed by atoms with E-state index in [2.05, 4.69) is 26.1 Å². The van der Waals surface area contributed by atoms with Gasteiger partial charge in [-0.2, -0.15) is 0 Å². The second kappa shape index (κ2) is 12.7. The number of unbranched alkanes of at least 4 members (excludes halogenated alkanes) is 3. The van der Waals surface area contributed by atoms with Crippen LogP contribution in [-0.2, 0) is 19.0 Å². The lowest BCUT2D eigenvalue weighted by atomic mass is 9.97. The predicted octanol–water partition coefficient (Wildman–Crippen LogP) is 3.06. The maximum Gasteiger partial charge on any atom is 0.223 e. The second-order valence-electron chi connectivity index (χ2n) is 6.26. The molecule has 1 aliphatic rings. The lowest BCUT2D eigenvalue weighted by Gasteiger charge is -2.38. The monoisotopic (exact) mass is 329 g/mol. The second-order valence-corrected chi connectivity index (χ2v) is 6.26. The third-order valence-electron chi connectivity index (χ3n) is 4.07. The van der Waals surface area contributed by atoms with Crippen LogP contribution < -0.4 is 5.32 Å². The van der Waals surface area contributed by atoms with Gasteiger partial charge < -0.3 is 19.5 Å². The largest absolute Gasteiger partial charge is 0.379 e. The third kappa shape index (κ3) is 8.13. The van der Waals surface area contributed by atoms with Gasteiger partial charge in [-0.1, -0.05) is 40.0 Å². The molecular formula is C18H35NO4. The van der Waals surface area contributed by atoms with Crippen molar-refractivity contribution in [2.45, 2.75) is 84.0 Å². The Hall–Kier alpha value is -0.650. The molecule has 0 spiro atoms. The molecule has 0 aliphatic carbocycles. The van der Waals surface area contributed by atoms with Gasteiger partial charge in [-0.15, -0.1) is 0 Å². The Morgan fingerprint density at radius 3 is 2.22 bits per heavy atom. The van der Waals surface area contributed by atoms with Crippen molar-refractivity contribution in [3.8, 4) is 0 Å². The number of rotatable bonds is 13. The molecule has 1 saturated heterocycles. The van der Waals surface area contributed by atoms with Crippen LogP contribution in [0.5, 0.6) is 0 Å². The van der Waals surface area contributed by atoms with Crippen molar-refractivity contribution in [1.82, 2.24) is 5.32 Å². The van der Waals surface area contributed by atoms with Gasteiger partial charge >= 0.3 is 0 Å². The Bertz CT molecular complexity index is 311. The molecule has 0 aromatic heterocycles. The molecule has 1 aliphatic heterocycles. The van der Waals surface area contributed by atoms with Gasteiger partial charge in [0.25, 0.3) is 0 Å². The number of nitrogens with one attached hydrogen (secondary N) is 1. The SMILES string of the molecule is CCCCOCC1NC(=O)C[C@@H](OCCCC)[C@@H]1OCCCC. The first-order valence-corrected chi connectivity index (χ1v) is 9.33. The Kier molecular flexibility index (Phi) is 11.3.